The molecule has 0 radical (unpaired) electrons. The largest absolute Gasteiger partial charge is 0.485 e. The summed E-state index contributed by atoms with van der Waals surface area (Å²) < 4.78 is 13.7. The number of ether oxygens (including phenoxy) is 2. The number of imidazole rings is 1. The summed E-state index contributed by atoms with van der Waals surface area (Å²) in [4.78, 5) is 17.4. The molecule has 6 nitrogen and oxygen atoms in total. The van der Waals surface area contributed by atoms with Gasteiger partial charge in [0.2, 0.25) is 6.10 Å². The van der Waals surface area contributed by atoms with Gasteiger partial charge in [-0.15, -0.1) is 0 Å². The standard InChI is InChI=1S/C21H21N3O3/c25-21(19-13-26-17-6-3-4-7-18(17)27-19)22-14-9-10-16-15(12-14)23-20-8-2-1-5-11-24(16)20/h3-4,6-7,9-10,12,19H,1-2,5,8,11,13H2,(H,22,25)/t19-/m0/s1. The Bertz CT molecular complexity index is 1010. The molecule has 5 rings (SSSR count). The number of rotatable bonds is 2. The van der Waals surface area contributed by atoms with Crippen LogP contribution in [0.4, 0.5) is 5.69 Å². The van der Waals surface area contributed by atoms with Gasteiger partial charge in [0.15, 0.2) is 11.5 Å². The van der Waals surface area contributed by atoms with E-state index in [1.54, 1.807) is 6.07 Å². The molecule has 0 fully saturated rings. The van der Waals surface area contributed by atoms with E-state index >= 15 is 0 Å². The first-order valence-corrected chi connectivity index (χ1v) is 9.46. The number of para-hydroxylation sites is 2. The Morgan fingerprint density at radius 3 is 2.93 bits per heavy atom. The second-order valence-corrected chi connectivity index (χ2v) is 7.05. The third-order valence-electron chi connectivity index (χ3n) is 5.18. The second-order valence-electron chi connectivity index (χ2n) is 7.05. The Morgan fingerprint density at radius 2 is 2.00 bits per heavy atom. The van der Waals surface area contributed by atoms with Gasteiger partial charge in [-0.2, -0.15) is 0 Å². The number of benzene rings is 2. The highest BCUT2D eigenvalue weighted by molar-refractivity contribution is 5.96. The topological polar surface area (TPSA) is 65.4 Å². The Hall–Kier alpha value is -3.02. The lowest BCUT2D eigenvalue weighted by Crippen LogP contribution is -2.40. The number of anilines is 1. The van der Waals surface area contributed by atoms with E-state index in [1.807, 2.05) is 36.4 Å². The van der Waals surface area contributed by atoms with Crippen molar-refractivity contribution in [2.75, 3.05) is 11.9 Å². The monoisotopic (exact) mass is 363 g/mol. The van der Waals surface area contributed by atoms with Crippen molar-refractivity contribution in [2.24, 2.45) is 0 Å². The fraction of sp³-hybridized carbons (Fsp3) is 0.333. The van der Waals surface area contributed by atoms with Crippen molar-refractivity contribution in [1.29, 1.82) is 0 Å². The predicted molar refractivity (Wildman–Crippen MR) is 102 cm³/mol. The number of fused-ring (bicyclic) bond motifs is 4. The molecule has 0 aliphatic carbocycles. The summed E-state index contributed by atoms with van der Waals surface area (Å²) in [7, 11) is 0. The van der Waals surface area contributed by atoms with Crippen molar-refractivity contribution in [3.63, 3.8) is 0 Å². The molecular weight excluding hydrogens is 342 g/mol. The van der Waals surface area contributed by atoms with Gasteiger partial charge in [-0.3, -0.25) is 4.79 Å². The molecule has 2 aliphatic rings. The van der Waals surface area contributed by atoms with Gasteiger partial charge in [0, 0.05) is 18.7 Å². The van der Waals surface area contributed by atoms with Crippen molar-refractivity contribution < 1.29 is 14.3 Å². The number of nitrogens with zero attached hydrogens (tertiary/aromatic N) is 2. The number of carbonyl (C=O) groups excluding carboxylic acids is 1. The first-order valence-electron chi connectivity index (χ1n) is 9.46. The second kappa shape index (κ2) is 6.61. The van der Waals surface area contributed by atoms with Crippen LogP contribution in [-0.4, -0.2) is 28.2 Å². The molecular formula is C21H21N3O3. The molecule has 0 saturated carbocycles. The summed E-state index contributed by atoms with van der Waals surface area (Å²) in [6.07, 6.45) is 3.98. The Kier molecular flexibility index (Phi) is 3.96. The maximum absolute atomic E-state index is 12.6. The van der Waals surface area contributed by atoms with Gasteiger partial charge in [0.25, 0.3) is 5.91 Å². The summed E-state index contributed by atoms with van der Waals surface area (Å²) in [5.41, 5.74) is 2.79. The Labute approximate surface area is 157 Å². The van der Waals surface area contributed by atoms with Gasteiger partial charge in [-0.25, -0.2) is 4.98 Å². The zero-order chi connectivity index (χ0) is 18.2. The van der Waals surface area contributed by atoms with E-state index in [4.69, 9.17) is 14.5 Å². The average Bonchev–Trinajstić information content (AvgIpc) is 2.87. The van der Waals surface area contributed by atoms with Crippen LogP contribution in [-0.2, 0) is 17.8 Å². The minimum Gasteiger partial charge on any atom is -0.485 e. The molecule has 3 aromatic rings. The lowest BCUT2D eigenvalue weighted by Gasteiger charge is -2.25. The quantitative estimate of drug-likeness (QED) is 0.756. The number of aryl methyl sites for hydroxylation is 2. The van der Waals surface area contributed by atoms with Crippen molar-refractivity contribution in [3.8, 4) is 11.5 Å². The number of hydrogen-bond acceptors (Lipinski definition) is 4. The number of hydrogen-bond donors (Lipinski definition) is 1. The normalized spacial score (nSPS) is 18.6. The molecule has 27 heavy (non-hydrogen) atoms. The van der Waals surface area contributed by atoms with Crippen LogP contribution >= 0.6 is 0 Å². The van der Waals surface area contributed by atoms with E-state index in [0.29, 0.717) is 11.5 Å². The van der Waals surface area contributed by atoms with E-state index in [0.717, 1.165) is 35.5 Å². The Balaban J connectivity index is 1.35. The molecule has 0 bridgehead atoms. The lowest BCUT2D eigenvalue weighted by atomic mass is 10.2. The summed E-state index contributed by atoms with van der Waals surface area (Å²) in [5, 5.41) is 2.93. The number of amides is 1. The molecule has 1 N–H and O–H groups in total. The van der Waals surface area contributed by atoms with Crippen LogP contribution in [0.15, 0.2) is 42.5 Å². The van der Waals surface area contributed by atoms with Crippen molar-refractivity contribution in [2.45, 2.75) is 38.3 Å². The van der Waals surface area contributed by atoms with Crippen LogP contribution < -0.4 is 14.8 Å². The molecule has 2 aromatic carbocycles. The number of nitrogens with one attached hydrogen (secondary N) is 1. The zero-order valence-electron chi connectivity index (χ0n) is 15.0. The van der Waals surface area contributed by atoms with E-state index < -0.39 is 6.10 Å². The molecule has 2 aliphatic heterocycles. The SMILES string of the molecule is O=C(Nc1ccc2c(c1)nc1n2CCCCC1)[C@@H]1COc2ccccc2O1. The Morgan fingerprint density at radius 1 is 1.11 bits per heavy atom. The van der Waals surface area contributed by atoms with Crippen molar-refractivity contribution in [1.82, 2.24) is 9.55 Å². The van der Waals surface area contributed by atoms with Gasteiger partial charge >= 0.3 is 0 Å². The highest BCUT2D eigenvalue weighted by Gasteiger charge is 2.27. The highest BCUT2D eigenvalue weighted by atomic mass is 16.6. The zero-order valence-corrected chi connectivity index (χ0v) is 15.0. The third kappa shape index (κ3) is 3.01. The van der Waals surface area contributed by atoms with Crippen LogP contribution in [0.25, 0.3) is 11.0 Å². The number of carbonyl (C=O) groups is 1. The lowest BCUT2D eigenvalue weighted by molar-refractivity contribution is -0.125. The third-order valence-corrected chi connectivity index (χ3v) is 5.18. The predicted octanol–water partition coefficient (Wildman–Crippen LogP) is 3.54. The average molecular weight is 363 g/mol. The van der Waals surface area contributed by atoms with E-state index in [9.17, 15) is 4.79 Å². The molecule has 1 aromatic heterocycles. The maximum atomic E-state index is 12.6. The fourth-order valence-corrected chi connectivity index (χ4v) is 3.80. The van der Waals surface area contributed by atoms with Crippen LogP contribution in [0.3, 0.4) is 0 Å². The van der Waals surface area contributed by atoms with Gasteiger partial charge in [-0.05, 0) is 43.2 Å². The van der Waals surface area contributed by atoms with E-state index in [1.165, 1.54) is 19.3 Å². The molecule has 3 heterocycles. The van der Waals surface area contributed by atoms with Crippen molar-refractivity contribution in [3.05, 3.63) is 48.3 Å². The first-order chi connectivity index (χ1) is 13.3. The maximum Gasteiger partial charge on any atom is 0.269 e. The van der Waals surface area contributed by atoms with Gasteiger partial charge in [-0.1, -0.05) is 18.6 Å². The van der Waals surface area contributed by atoms with E-state index in [-0.39, 0.29) is 12.5 Å². The van der Waals surface area contributed by atoms with Gasteiger partial charge in [0.05, 0.1) is 11.0 Å². The van der Waals surface area contributed by atoms with Crippen LogP contribution in [0.2, 0.25) is 0 Å². The summed E-state index contributed by atoms with van der Waals surface area (Å²) in [6.45, 7) is 1.22. The van der Waals surface area contributed by atoms with E-state index in [2.05, 4.69) is 9.88 Å². The van der Waals surface area contributed by atoms with Crippen LogP contribution in [0.1, 0.15) is 25.1 Å². The first kappa shape index (κ1) is 16.2. The molecule has 0 spiro atoms. The van der Waals surface area contributed by atoms with Crippen LogP contribution in [0.5, 0.6) is 11.5 Å². The molecule has 1 amide bonds. The molecule has 0 unspecified atom stereocenters. The smallest absolute Gasteiger partial charge is 0.269 e. The molecule has 6 heteroatoms. The molecule has 138 valence electrons. The minimum atomic E-state index is -0.672. The molecule has 0 saturated heterocycles. The van der Waals surface area contributed by atoms with Gasteiger partial charge in [0.1, 0.15) is 12.4 Å². The summed E-state index contributed by atoms with van der Waals surface area (Å²) >= 11 is 0. The highest BCUT2D eigenvalue weighted by Crippen LogP contribution is 2.31. The van der Waals surface area contributed by atoms with Crippen LogP contribution in [0, 0.1) is 0 Å². The molecule has 1 atom stereocenters. The summed E-state index contributed by atoms with van der Waals surface area (Å²) in [5.74, 6) is 2.19. The minimum absolute atomic E-state index is 0.198. The fourth-order valence-electron chi connectivity index (χ4n) is 3.80. The van der Waals surface area contributed by atoms with Gasteiger partial charge < -0.3 is 19.4 Å². The summed E-state index contributed by atoms with van der Waals surface area (Å²) in [6, 6.07) is 13.3. The van der Waals surface area contributed by atoms with Crippen molar-refractivity contribution >= 4 is 22.6 Å². The number of aromatic nitrogens is 2.